The lowest BCUT2D eigenvalue weighted by Crippen LogP contribution is -2.27. The van der Waals surface area contributed by atoms with Crippen molar-refractivity contribution in [1.29, 1.82) is 0 Å². The molecule has 1 aromatic rings. The predicted molar refractivity (Wildman–Crippen MR) is 68.5 cm³/mol. The minimum Gasteiger partial charge on any atom is -0.492 e. The summed E-state index contributed by atoms with van der Waals surface area (Å²) in [5.41, 5.74) is 2.40. The fourth-order valence-electron chi connectivity index (χ4n) is 2.16. The van der Waals surface area contributed by atoms with E-state index in [9.17, 15) is 5.11 Å². The summed E-state index contributed by atoms with van der Waals surface area (Å²) in [7, 11) is 0. The fourth-order valence-corrected chi connectivity index (χ4v) is 2.16. The molecule has 94 valence electrons. The van der Waals surface area contributed by atoms with Crippen LogP contribution in [-0.2, 0) is 0 Å². The van der Waals surface area contributed by atoms with E-state index in [1.807, 2.05) is 0 Å². The average Bonchev–Trinajstić information content (AvgIpc) is 2.69. The molecule has 1 N–H and O–H groups in total. The Hall–Kier alpha value is -1.06. The van der Waals surface area contributed by atoms with Crippen molar-refractivity contribution in [2.75, 3.05) is 26.2 Å². The molecule has 0 bridgehead atoms. The molecule has 1 aliphatic heterocycles. The molecule has 0 aliphatic carbocycles. The van der Waals surface area contributed by atoms with Crippen molar-refractivity contribution in [3.8, 4) is 5.75 Å². The maximum Gasteiger partial charge on any atom is 0.122 e. The number of ether oxygens (including phenoxy) is 1. The van der Waals surface area contributed by atoms with Crippen LogP contribution in [0.2, 0.25) is 0 Å². The molecule has 1 aliphatic rings. The van der Waals surface area contributed by atoms with Crippen LogP contribution in [0.1, 0.15) is 17.5 Å². The minimum atomic E-state index is -0.143. The van der Waals surface area contributed by atoms with Gasteiger partial charge in [-0.15, -0.1) is 0 Å². The number of hydrogen-bond acceptors (Lipinski definition) is 3. The largest absolute Gasteiger partial charge is 0.492 e. The summed E-state index contributed by atoms with van der Waals surface area (Å²) in [5, 5.41) is 9.41. The summed E-state index contributed by atoms with van der Waals surface area (Å²) in [6.45, 7) is 7.49. The SMILES string of the molecule is Cc1ccc(C)c(OCCN2CCC(O)C2)c1. The highest BCUT2D eigenvalue weighted by molar-refractivity contribution is 5.35. The van der Waals surface area contributed by atoms with E-state index >= 15 is 0 Å². The molecule has 3 nitrogen and oxygen atoms in total. The second kappa shape index (κ2) is 5.52. The van der Waals surface area contributed by atoms with Crippen LogP contribution in [0.4, 0.5) is 0 Å². The third kappa shape index (κ3) is 3.45. The first-order valence-electron chi connectivity index (χ1n) is 6.25. The first-order chi connectivity index (χ1) is 8.15. The van der Waals surface area contributed by atoms with Gasteiger partial charge in [0.15, 0.2) is 0 Å². The smallest absolute Gasteiger partial charge is 0.122 e. The van der Waals surface area contributed by atoms with Crippen LogP contribution in [0.15, 0.2) is 18.2 Å². The van der Waals surface area contributed by atoms with Gasteiger partial charge < -0.3 is 9.84 Å². The lowest BCUT2D eigenvalue weighted by Gasteiger charge is -2.16. The lowest BCUT2D eigenvalue weighted by atomic mass is 10.1. The second-order valence-corrected chi connectivity index (χ2v) is 4.86. The monoisotopic (exact) mass is 235 g/mol. The first kappa shape index (κ1) is 12.4. The minimum absolute atomic E-state index is 0.143. The van der Waals surface area contributed by atoms with Gasteiger partial charge in [0.05, 0.1) is 6.10 Å². The molecule has 1 fully saturated rings. The van der Waals surface area contributed by atoms with Crippen LogP contribution < -0.4 is 4.74 Å². The zero-order valence-corrected chi connectivity index (χ0v) is 10.6. The van der Waals surface area contributed by atoms with Crippen molar-refractivity contribution < 1.29 is 9.84 Å². The van der Waals surface area contributed by atoms with Gasteiger partial charge in [0.2, 0.25) is 0 Å². The Labute approximate surface area is 103 Å². The van der Waals surface area contributed by atoms with Crippen LogP contribution in [0.3, 0.4) is 0 Å². The molecule has 1 atom stereocenters. The van der Waals surface area contributed by atoms with E-state index in [1.54, 1.807) is 0 Å². The lowest BCUT2D eigenvalue weighted by molar-refractivity contribution is 0.167. The number of nitrogens with zero attached hydrogens (tertiary/aromatic N) is 1. The molecule has 1 saturated heterocycles. The van der Waals surface area contributed by atoms with Gasteiger partial charge in [-0.3, -0.25) is 4.90 Å². The maximum atomic E-state index is 9.41. The van der Waals surface area contributed by atoms with Crippen LogP contribution in [0.5, 0.6) is 5.75 Å². The average molecular weight is 235 g/mol. The highest BCUT2D eigenvalue weighted by Crippen LogP contribution is 2.19. The van der Waals surface area contributed by atoms with Gasteiger partial charge >= 0.3 is 0 Å². The Morgan fingerprint density at radius 1 is 1.41 bits per heavy atom. The quantitative estimate of drug-likeness (QED) is 0.863. The van der Waals surface area contributed by atoms with E-state index in [-0.39, 0.29) is 6.10 Å². The summed E-state index contributed by atoms with van der Waals surface area (Å²) in [6, 6.07) is 6.26. The maximum absolute atomic E-state index is 9.41. The molecule has 1 aromatic carbocycles. The van der Waals surface area contributed by atoms with Gasteiger partial charge in [0.25, 0.3) is 0 Å². The summed E-state index contributed by atoms with van der Waals surface area (Å²) < 4.78 is 5.79. The molecular weight excluding hydrogens is 214 g/mol. The number of likely N-dealkylation sites (tertiary alicyclic amines) is 1. The number of hydrogen-bond donors (Lipinski definition) is 1. The Morgan fingerprint density at radius 3 is 2.94 bits per heavy atom. The number of benzene rings is 1. The second-order valence-electron chi connectivity index (χ2n) is 4.86. The van der Waals surface area contributed by atoms with Gasteiger partial charge in [0, 0.05) is 19.6 Å². The van der Waals surface area contributed by atoms with Gasteiger partial charge in [0.1, 0.15) is 12.4 Å². The highest BCUT2D eigenvalue weighted by Gasteiger charge is 2.19. The van der Waals surface area contributed by atoms with Crippen molar-refractivity contribution in [1.82, 2.24) is 4.90 Å². The number of rotatable bonds is 4. The standard InChI is InChI=1S/C14H21NO2/c1-11-3-4-12(2)14(9-11)17-8-7-15-6-5-13(16)10-15/h3-4,9,13,16H,5-8,10H2,1-2H3. The van der Waals surface area contributed by atoms with Crippen molar-refractivity contribution in [3.05, 3.63) is 29.3 Å². The predicted octanol–water partition coefficient (Wildman–Crippen LogP) is 1.75. The van der Waals surface area contributed by atoms with Gasteiger partial charge in [-0.2, -0.15) is 0 Å². The number of β-amino-alcohol motifs (C(OH)–C–C–N with tert-alkyl or cyclic N) is 1. The summed E-state index contributed by atoms with van der Waals surface area (Å²) in [4.78, 5) is 2.25. The van der Waals surface area contributed by atoms with Crippen molar-refractivity contribution in [2.45, 2.75) is 26.4 Å². The van der Waals surface area contributed by atoms with Crippen molar-refractivity contribution >= 4 is 0 Å². The molecule has 0 spiro atoms. The van der Waals surface area contributed by atoms with E-state index in [0.29, 0.717) is 6.61 Å². The van der Waals surface area contributed by atoms with Crippen molar-refractivity contribution in [2.24, 2.45) is 0 Å². The Balaban J connectivity index is 1.80. The molecule has 2 rings (SSSR count). The van der Waals surface area contributed by atoms with Crippen molar-refractivity contribution in [3.63, 3.8) is 0 Å². The molecule has 0 aromatic heterocycles. The summed E-state index contributed by atoms with van der Waals surface area (Å²) >= 11 is 0. The van der Waals surface area contributed by atoms with Gasteiger partial charge in [-0.25, -0.2) is 0 Å². The Kier molecular flexibility index (Phi) is 4.02. The van der Waals surface area contributed by atoms with Crippen LogP contribution in [-0.4, -0.2) is 42.4 Å². The number of aliphatic hydroxyl groups is 1. The zero-order chi connectivity index (χ0) is 12.3. The van der Waals surface area contributed by atoms with Crippen LogP contribution in [0, 0.1) is 13.8 Å². The fraction of sp³-hybridized carbons (Fsp3) is 0.571. The van der Waals surface area contributed by atoms with Crippen LogP contribution in [0.25, 0.3) is 0 Å². The van der Waals surface area contributed by atoms with Gasteiger partial charge in [-0.05, 0) is 37.5 Å². The number of aliphatic hydroxyl groups excluding tert-OH is 1. The molecule has 0 saturated carbocycles. The Morgan fingerprint density at radius 2 is 2.24 bits per heavy atom. The van der Waals surface area contributed by atoms with Gasteiger partial charge in [-0.1, -0.05) is 12.1 Å². The zero-order valence-electron chi connectivity index (χ0n) is 10.6. The highest BCUT2D eigenvalue weighted by atomic mass is 16.5. The van der Waals surface area contributed by atoms with Crippen LogP contribution >= 0.6 is 0 Å². The molecule has 0 radical (unpaired) electrons. The molecule has 1 heterocycles. The van der Waals surface area contributed by atoms with E-state index in [0.717, 1.165) is 31.8 Å². The van der Waals surface area contributed by atoms with E-state index in [4.69, 9.17) is 4.74 Å². The van der Waals surface area contributed by atoms with E-state index in [1.165, 1.54) is 11.1 Å². The topological polar surface area (TPSA) is 32.7 Å². The molecule has 17 heavy (non-hydrogen) atoms. The third-order valence-electron chi connectivity index (χ3n) is 3.26. The Bertz CT molecular complexity index is 378. The summed E-state index contributed by atoms with van der Waals surface area (Å²) in [6.07, 6.45) is 0.749. The number of aryl methyl sites for hydroxylation is 2. The van der Waals surface area contributed by atoms with E-state index in [2.05, 4.69) is 36.9 Å². The third-order valence-corrected chi connectivity index (χ3v) is 3.26. The molecule has 3 heteroatoms. The van der Waals surface area contributed by atoms with E-state index < -0.39 is 0 Å². The first-order valence-corrected chi connectivity index (χ1v) is 6.25. The summed E-state index contributed by atoms with van der Waals surface area (Å²) in [5.74, 6) is 0.977. The molecule has 1 unspecified atom stereocenters. The normalized spacial score (nSPS) is 20.8. The molecule has 0 amide bonds. The molecular formula is C14H21NO2.